The number of carboxylic acid groups (broad SMARTS) is 1. The van der Waals surface area contributed by atoms with Crippen molar-refractivity contribution in [3.05, 3.63) is 11.1 Å². The number of aliphatic carboxylic acids is 1. The standard InChI is InChI=1S/C20H34O4/c1-13(8-11-21)6-7-14-17(18(23)24)15(22)12-16-19(2,3)9-5-10-20(14,16)4/h13,15-16,21-22H,5-12H2,1-4H3,(H,23,24)/t13-,15-,16-,20+/m0/s1. The molecule has 0 radical (unpaired) electrons. The van der Waals surface area contributed by atoms with Gasteiger partial charge in [0, 0.05) is 6.61 Å². The number of aliphatic hydroxyl groups is 2. The van der Waals surface area contributed by atoms with Gasteiger partial charge < -0.3 is 15.3 Å². The van der Waals surface area contributed by atoms with Crippen molar-refractivity contribution in [1.82, 2.24) is 0 Å². The van der Waals surface area contributed by atoms with E-state index >= 15 is 0 Å². The Kier molecular flexibility index (Phi) is 5.81. The molecular weight excluding hydrogens is 304 g/mol. The average Bonchev–Trinajstić information content (AvgIpc) is 2.46. The Balaban J connectivity index is 2.40. The van der Waals surface area contributed by atoms with Crippen LogP contribution in [-0.2, 0) is 4.79 Å². The van der Waals surface area contributed by atoms with Crippen molar-refractivity contribution in [2.45, 2.75) is 78.7 Å². The maximum Gasteiger partial charge on any atom is 0.334 e. The minimum Gasteiger partial charge on any atom is -0.478 e. The Morgan fingerprint density at radius 1 is 1.25 bits per heavy atom. The third kappa shape index (κ3) is 3.55. The number of carboxylic acids is 1. The normalized spacial score (nSPS) is 33.9. The summed E-state index contributed by atoms with van der Waals surface area (Å²) in [5.41, 5.74) is 1.21. The number of carbonyl (C=O) groups is 1. The molecule has 3 N–H and O–H groups in total. The second kappa shape index (κ2) is 7.17. The highest BCUT2D eigenvalue weighted by molar-refractivity contribution is 5.89. The van der Waals surface area contributed by atoms with Crippen LogP contribution in [0.15, 0.2) is 11.1 Å². The number of fused-ring (bicyclic) bond motifs is 1. The van der Waals surface area contributed by atoms with Crippen molar-refractivity contribution < 1.29 is 20.1 Å². The first-order valence-corrected chi connectivity index (χ1v) is 9.39. The van der Waals surface area contributed by atoms with Crippen molar-refractivity contribution in [2.24, 2.45) is 22.7 Å². The van der Waals surface area contributed by atoms with E-state index in [-0.39, 0.29) is 23.0 Å². The van der Waals surface area contributed by atoms with Crippen molar-refractivity contribution >= 4 is 5.97 Å². The molecule has 2 rings (SSSR count). The van der Waals surface area contributed by atoms with Gasteiger partial charge in [-0.15, -0.1) is 0 Å². The molecule has 0 aliphatic heterocycles. The highest BCUT2D eigenvalue weighted by Gasteiger charge is 2.53. The molecule has 0 aromatic rings. The molecule has 0 spiro atoms. The smallest absolute Gasteiger partial charge is 0.334 e. The maximum atomic E-state index is 11.9. The van der Waals surface area contributed by atoms with E-state index in [0.717, 1.165) is 37.7 Å². The zero-order chi connectivity index (χ0) is 18.1. The summed E-state index contributed by atoms with van der Waals surface area (Å²) in [5.74, 6) is -0.286. The lowest BCUT2D eigenvalue weighted by molar-refractivity contribution is -0.135. The summed E-state index contributed by atoms with van der Waals surface area (Å²) >= 11 is 0. The molecule has 0 saturated heterocycles. The summed E-state index contributed by atoms with van der Waals surface area (Å²) in [6.45, 7) is 9.02. The van der Waals surface area contributed by atoms with Gasteiger partial charge in [-0.2, -0.15) is 0 Å². The van der Waals surface area contributed by atoms with Crippen LogP contribution in [0.5, 0.6) is 0 Å². The number of aliphatic hydroxyl groups excluding tert-OH is 2. The van der Waals surface area contributed by atoms with E-state index in [9.17, 15) is 15.0 Å². The van der Waals surface area contributed by atoms with Crippen LogP contribution in [0.4, 0.5) is 0 Å². The molecule has 0 aromatic heterocycles. The van der Waals surface area contributed by atoms with Crippen molar-refractivity contribution in [2.75, 3.05) is 6.61 Å². The summed E-state index contributed by atoms with van der Waals surface area (Å²) in [7, 11) is 0. The fourth-order valence-corrected chi connectivity index (χ4v) is 5.36. The van der Waals surface area contributed by atoms with E-state index in [4.69, 9.17) is 5.11 Å². The molecule has 1 fully saturated rings. The van der Waals surface area contributed by atoms with Crippen LogP contribution in [-0.4, -0.2) is 34.0 Å². The predicted molar refractivity (Wildman–Crippen MR) is 94.6 cm³/mol. The van der Waals surface area contributed by atoms with E-state index < -0.39 is 12.1 Å². The molecule has 0 unspecified atom stereocenters. The number of hydrogen-bond donors (Lipinski definition) is 3. The quantitative estimate of drug-likeness (QED) is 0.689. The molecule has 0 aromatic carbocycles. The molecular formula is C20H34O4. The highest BCUT2D eigenvalue weighted by Crippen LogP contribution is 2.60. The summed E-state index contributed by atoms with van der Waals surface area (Å²) in [6.07, 6.45) is 5.26. The van der Waals surface area contributed by atoms with Crippen molar-refractivity contribution in [3.8, 4) is 0 Å². The molecule has 2 aliphatic carbocycles. The average molecular weight is 338 g/mol. The lowest BCUT2D eigenvalue weighted by Crippen LogP contribution is -2.49. The number of rotatable bonds is 6. The van der Waals surface area contributed by atoms with Crippen LogP contribution in [0.25, 0.3) is 0 Å². The fourth-order valence-electron chi connectivity index (χ4n) is 5.36. The maximum absolute atomic E-state index is 11.9. The monoisotopic (exact) mass is 338 g/mol. The second-order valence-electron chi connectivity index (χ2n) is 8.92. The van der Waals surface area contributed by atoms with Crippen LogP contribution >= 0.6 is 0 Å². The minimum absolute atomic E-state index is 0.125. The predicted octanol–water partition coefficient (Wildman–Crippen LogP) is 3.76. The Bertz CT molecular complexity index is 508. The third-order valence-corrected chi connectivity index (χ3v) is 6.78. The van der Waals surface area contributed by atoms with E-state index in [2.05, 4.69) is 27.7 Å². The largest absolute Gasteiger partial charge is 0.478 e. The van der Waals surface area contributed by atoms with Crippen LogP contribution in [0.1, 0.15) is 72.6 Å². The molecule has 1 saturated carbocycles. The van der Waals surface area contributed by atoms with Gasteiger partial charge in [-0.3, -0.25) is 0 Å². The molecule has 0 bridgehead atoms. The summed E-state index contributed by atoms with van der Waals surface area (Å²) < 4.78 is 0. The molecule has 4 heteroatoms. The zero-order valence-corrected chi connectivity index (χ0v) is 15.6. The minimum atomic E-state index is -0.963. The van der Waals surface area contributed by atoms with Gasteiger partial charge in [0.1, 0.15) is 0 Å². The first kappa shape index (κ1) is 19.5. The Morgan fingerprint density at radius 3 is 2.50 bits per heavy atom. The van der Waals surface area contributed by atoms with Gasteiger partial charge in [0.25, 0.3) is 0 Å². The molecule has 138 valence electrons. The van der Waals surface area contributed by atoms with E-state index in [1.165, 1.54) is 0 Å². The van der Waals surface area contributed by atoms with Gasteiger partial charge in [0.15, 0.2) is 0 Å². The van der Waals surface area contributed by atoms with Gasteiger partial charge in [0.05, 0.1) is 11.7 Å². The van der Waals surface area contributed by atoms with Crippen molar-refractivity contribution in [1.29, 1.82) is 0 Å². The lowest BCUT2D eigenvalue weighted by Gasteiger charge is -2.56. The van der Waals surface area contributed by atoms with E-state index in [1.807, 2.05) is 0 Å². The summed E-state index contributed by atoms with van der Waals surface area (Å²) in [6, 6.07) is 0. The van der Waals surface area contributed by atoms with Crippen LogP contribution < -0.4 is 0 Å². The number of hydrogen-bond acceptors (Lipinski definition) is 3. The Hall–Kier alpha value is -0.870. The first-order valence-electron chi connectivity index (χ1n) is 9.39. The zero-order valence-electron chi connectivity index (χ0n) is 15.6. The fraction of sp³-hybridized carbons (Fsp3) is 0.850. The molecule has 4 nitrogen and oxygen atoms in total. The second-order valence-corrected chi connectivity index (χ2v) is 8.92. The van der Waals surface area contributed by atoms with E-state index in [0.29, 0.717) is 24.7 Å². The molecule has 2 aliphatic rings. The van der Waals surface area contributed by atoms with Crippen LogP contribution in [0, 0.1) is 22.7 Å². The summed E-state index contributed by atoms with van der Waals surface area (Å²) in [4.78, 5) is 11.9. The van der Waals surface area contributed by atoms with Crippen LogP contribution in [0.3, 0.4) is 0 Å². The molecule has 4 atom stereocenters. The molecule has 0 amide bonds. The Morgan fingerprint density at radius 2 is 1.92 bits per heavy atom. The van der Waals surface area contributed by atoms with Crippen molar-refractivity contribution in [3.63, 3.8) is 0 Å². The molecule has 0 heterocycles. The van der Waals surface area contributed by atoms with E-state index in [1.54, 1.807) is 0 Å². The topological polar surface area (TPSA) is 77.8 Å². The van der Waals surface area contributed by atoms with Gasteiger partial charge in [-0.25, -0.2) is 4.79 Å². The lowest BCUT2D eigenvalue weighted by atomic mass is 9.49. The number of allylic oxidation sites excluding steroid dienone is 1. The first-order chi connectivity index (χ1) is 11.1. The van der Waals surface area contributed by atoms with Crippen LogP contribution in [0.2, 0.25) is 0 Å². The third-order valence-electron chi connectivity index (χ3n) is 6.78. The van der Waals surface area contributed by atoms with Gasteiger partial charge in [-0.1, -0.05) is 39.7 Å². The molecule has 24 heavy (non-hydrogen) atoms. The van der Waals surface area contributed by atoms with Gasteiger partial charge in [0.2, 0.25) is 0 Å². The summed E-state index contributed by atoms with van der Waals surface area (Å²) in [5, 5.41) is 29.4. The van der Waals surface area contributed by atoms with Gasteiger partial charge >= 0.3 is 5.97 Å². The Labute approximate surface area is 146 Å². The SMILES string of the molecule is C[C@H](CCO)CCC1=C(C(=O)O)[C@@H](O)C[C@H]2C(C)(C)CCC[C@]12C. The van der Waals surface area contributed by atoms with Gasteiger partial charge in [-0.05, 0) is 61.2 Å². The highest BCUT2D eigenvalue weighted by atomic mass is 16.4.